The maximum Gasteiger partial charge on any atom is 0.268 e. The molecule has 2 atom stereocenters. The SMILES string of the molecule is CC(C)n1cc(Br)cc1C(=O)NC1CCCCC1N. The zero-order chi connectivity index (χ0) is 14.0. The fourth-order valence-corrected chi connectivity index (χ4v) is 3.07. The van der Waals surface area contributed by atoms with Crippen LogP contribution in [0, 0.1) is 0 Å². The summed E-state index contributed by atoms with van der Waals surface area (Å²) in [6, 6.07) is 2.31. The van der Waals surface area contributed by atoms with Crippen molar-refractivity contribution in [3.63, 3.8) is 0 Å². The molecule has 5 heteroatoms. The van der Waals surface area contributed by atoms with Gasteiger partial charge in [-0.3, -0.25) is 4.79 Å². The molecule has 3 N–H and O–H groups in total. The highest BCUT2D eigenvalue weighted by atomic mass is 79.9. The Bertz CT molecular complexity index is 456. The van der Waals surface area contributed by atoms with Crippen molar-refractivity contribution in [2.45, 2.75) is 57.7 Å². The third-order valence-corrected chi connectivity index (χ3v) is 4.17. The number of nitrogens with one attached hydrogen (secondary N) is 1. The molecule has 106 valence electrons. The molecule has 1 fully saturated rings. The summed E-state index contributed by atoms with van der Waals surface area (Å²) in [5.41, 5.74) is 6.77. The molecule has 0 aliphatic heterocycles. The molecule has 19 heavy (non-hydrogen) atoms. The van der Waals surface area contributed by atoms with Gasteiger partial charge in [-0.2, -0.15) is 0 Å². The van der Waals surface area contributed by atoms with E-state index in [0.29, 0.717) is 5.69 Å². The van der Waals surface area contributed by atoms with Crippen molar-refractivity contribution in [3.05, 3.63) is 22.4 Å². The van der Waals surface area contributed by atoms with Gasteiger partial charge in [0.1, 0.15) is 5.69 Å². The summed E-state index contributed by atoms with van der Waals surface area (Å²) in [5.74, 6) is -0.0262. The molecule has 0 aromatic carbocycles. The van der Waals surface area contributed by atoms with E-state index >= 15 is 0 Å². The molecule has 2 unspecified atom stereocenters. The zero-order valence-electron chi connectivity index (χ0n) is 11.5. The van der Waals surface area contributed by atoms with Gasteiger partial charge in [-0.05, 0) is 48.7 Å². The van der Waals surface area contributed by atoms with Crippen molar-refractivity contribution in [1.29, 1.82) is 0 Å². The number of aromatic nitrogens is 1. The van der Waals surface area contributed by atoms with Crippen LogP contribution in [0.25, 0.3) is 0 Å². The number of nitrogens with two attached hydrogens (primary N) is 1. The molecule has 1 aliphatic rings. The first kappa shape index (κ1) is 14.6. The van der Waals surface area contributed by atoms with Crippen LogP contribution in [0.15, 0.2) is 16.7 Å². The third kappa shape index (κ3) is 3.39. The minimum absolute atomic E-state index is 0.0262. The standard InChI is InChI=1S/C14H22BrN3O/c1-9(2)18-8-10(15)7-13(18)14(19)17-12-6-4-3-5-11(12)16/h7-9,11-12H,3-6,16H2,1-2H3,(H,17,19). The van der Waals surface area contributed by atoms with Crippen LogP contribution in [0.5, 0.6) is 0 Å². The Balaban J connectivity index is 2.11. The van der Waals surface area contributed by atoms with Crippen molar-refractivity contribution < 1.29 is 4.79 Å². The first-order valence-corrected chi connectivity index (χ1v) is 7.72. The molecular formula is C14H22BrN3O. The minimum atomic E-state index is -0.0262. The van der Waals surface area contributed by atoms with Gasteiger partial charge < -0.3 is 15.6 Å². The highest BCUT2D eigenvalue weighted by molar-refractivity contribution is 9.10. The number of carbonyl (C=O) groups excluding carboxylic acids is 1. The second kappa shape index (κ2) is 6.09. The number of hydrogen-bond acceptors (Lipinski definition) is 2. The molecule has 0 spiro atoms. The van der Waals surface area contributed by atoms with Crippen LogP contribution in [0.3, 0.4) is 0 Å². The van der Waals surface area contributed by atoms with Crippen molar-refractivity contribution in [1.82, 2.24) is 9.88 Å². The number of nitrogens with zero attached hydrogens (tertiary/aromatic N) is 1. The van der Waals surface area contributed by atoms with Crippen molar-refractivity contribution in [2.75, 3.05) is 0 Å². The van der Waals surface area contributed by atoms with E-state index in [2.05, 4.69) is 35.1 Å². The fourth-order valence-electron chi connectivity index (χ4n) is 2.64. The highest BCUT2D eigenvalue weighted by Gasteiger charge is 2.25. The zero-order valence-corrected chi connectivity index (χ0v) is 13.1. The van der Waals surface area contributed by atoms with Crippen LogP contribution in [0.1, 0.15) is 56.1 Å². The van der Waals surface area contributed by atoms with Gasteiger partial charge in [0.15, 0.2) is 0 Å². The van der Waals surface area contributed by atoms with E-state index in [0.717, 1.165) is 23.7 Å². The van der Waals surface area contributed by atoms with E-state index in [9.17, 15) is 4.79 Å². The number of amides is 1. The lowest BCUT2D eigenvalue weighted by Crippen LogP contribution is -2.49. The van der Waals surface area contributed by atoms with Gasteiger partial charge >= 0.3 is 0 Å². The average Bonchev–Trinajstić information content (AvgIpc) is 2.74. The van der Waals surface area contributed by atoms with Gasteiger partial charge in [-0.25, -0.2) is 0 Å². The number of rotatable bonds is 3. The van der Waals surface area contributed by atoms with Crippen LogP contribution in [-0.2, 0) is 0 Å². The van der Waals surface area contributed by atoms with E-state index in [-0.39, 0.29) is 24.0 Å². The molecule has 0 bridgehead atoms. The van der Waals surface area contributed by atoms with E-state index in [4.69, 9.17) is 5.73 Å². The van der Waals surface area contributed by atoms with Crippen LogP contribution in [-0.4, -0.2) is 22.6 Å². The molecule has 1 aromatic rings. The van der Waals surface area contributed by atoms with Crippen molar-refractivity contribution >= 4 is 21.8 Å². The normalized spacial score (nSPS) is 23.6. The van der Waals surface area contributed by atoms with Gasteiger partial charge in [0.2, 0.25) is 0 Å². The summed E-state index contributed by atoms with van der Waals surface area (Å²) in [4.78, 5) is 12.4. The molecule has 1 amide bonds. The van der Waals surface area contributed by atoms with E-state index < -0.39 is 0 Å². The maximum atomic E-state index is 12.4. The predicted octanol–water partition coefficient (Wildman–Crippen LogP) is 2.83. The average molecular weight is 328 g/mol. The Morgan fingerprint density at radius 1 is 1.47 bits per heavy atom. The highest BCUT2D eigenvalue weighted by Crippen LogP contribution is 2.21. The molecule has 0 saturated heterocycles. The summed E-state index contributed by atoms with van der Waals surface area (Å²) < 4.78 is 2.91. The first-order valence-electron chi connectivity index (χ1n) is 6.93. The van der Waals surface area contributed by atoms with Crippen LogP contribution >= 0.6 is 15.9 Å². The van der Waals surface area contributed by atoms with Crippen LogP contribution in [0.2, 0.25) is 0 Å². The molecule has 1 aliphatic carbocycles. The molecule has 1 saturated carbocycles. The predicted molar refractivity (Wildman–Crippen MR) is 80.2 cm³/mol. The Labute approximate surface area is 122 Å². The summed E-state index contributed by atoms with van der Waals surface area (Å²) in [5, 5.41) is 3.09. The number of hydrogen-bond donors (Lipinski definition) is 2. The van der Waals surface area contributed by atoms with Gasteiger partial charge in [0.25, 0.3) is 5.91 Å². The maximum absolute atomic E-state index is 12.4. The van der Waals surface area contributed by atoms with Gasteiger partial charge in [0.05, 0.1) is 0 Å². The molecule has 1 heterocycles. The third-order valence-electron chi connectivity index (χ3n) is 3.74. The molecule has 2 rings (SSSR count). The topological polar surface area (TPSA) is 60.0 Å². The first-order chi connectivity index (χ1) is 8.99. The largest absolute Gasteiger partial charge is 0.346 e. The smallest absolute Gasteiger partial charge is 0.268 e. The van der Waals surface area contributed by atoms with E-state index in [1.807, 2.05) is 16.8 Å². The number of carbonyl (C=O) groups is 1. The molecule has 4 nitrogen and oxygen atoms in total. The Hall–Kier alpha value is -0.810. The van der Waals surface area contributed by atoms with Gasteiger partial charge in [-0.1, -0.05) is 12.8 Å². The molecule has 0 radical (unpaired) electrons. The lowest BCUT2D eigenvalue weighted by atomic mass is 9.91. The fraction of sp³-hybridized carbons (Fsp3) is 0.643. The van der Waals surface area contributed by atoms with Crippen molar-refractivity contribution in [3.8, 4) is 0 Å². The monoisotopic (exact) mass is 327 g/mol. The summed E-state index contributed by atoms with van der Waals surface area (Å²) in [7, 11) is 0. The molecule has 1 aromatic heterocycles. The van der Waals surface area contributed by atoms with Crippen LogP contribution in [0.4, 0.5) is 0 Å². The number of halogens is 1. The van der Waals surface area contributed by atoms with Crippen molar-refractivity contribution in [2.24, 2.45) is 5.73 Å². The van der Waals surface area contributed by atoms with E-state index in [1.54, 1.807) is 0 Å². The minimum Gasteiger partial charge on any atom is -0.346 e. The quantitative estimate of drug-likeness (QED) is 0.896. The van der Waals surface area contributed by atoms with Crippen LogP contribution < -0.4 is 11.1 Å². The lowest BCUT2D eigenvalue weighted by molar-refractivity contribution is 0.0910. The Morgan fingerprint density at radius 3 is 2.79 bits per heavy atom. The van der Waals surface area contributed by atoms with Gasteiger partial charge in [0, 0.05) is 28.8 Å². The molecular weight excluding hydrogens is 306 g/mol. The second-order valence-electron chi connectivity index (χ2n) is 5.57. The Morgan fingerprint density at radius 2 is 2.16 bits per heavy atom. The second-order valence-corrected chi connectivity index (χ2v) is 6.49. The van der Waals surface area contributed by atoms with E-state index in [1.165, 1.54) is 6.42 Å². The summed E-state index contributed by atoms with van der Waals surface area (Å²) >= 11 is 3.43. The van der Waals surface area contributed by atoms with Gasteiger partial charge in [-0.15, -0.1) is 0 Å². The summed E-state index contributed by atoms with van der Waals surface area (Å²) in [6.45, 7) is 4.13. The lowest BCUT2D eigenvalue weighted by Gasteiger charge is -2.29. The Kier molecular flexibility index (Phi) is 4.68. The summed E-state index contributed by atoms with van der Waals surface area (Å²) in [6.07, 6.45) is 6.24.